The predicted octanol–water partition coefficient (Wildman–Crippen LogP) is 11.0. The van der Waals surface area contributed by atoms with E-state index in [0.717, 1.165) is 54.0 Å². The van der Waals surface area contributed by atoms with Crippen LogP contribution in [0, 0.1) is 35.2 Å². The van der Waals surface area contributed by atoms with Gasteiger partial charge < -0.3 is 0 Å². The molecule has 7 heteroatoms. The summed E-state index contributed by atoms with van der Waals surface area (Å²) >= 11 is 2.39. The summed E-state index contributed by atoms with van der Waals surface area (Å²) in [5.74, 6) is 1.95. The molecule has 0 saturated carbocycles. The SMILES string of the molecule is Cc1ccc(-n2[c](=[Pt])n(-c3[c-]c(Oc4[c-]c5c(cc4)c4cc6c(cc4n5-c4cc(C)ccn4)C(C)(C)C(C)(C)C6(C)C)cnc3)c3ccccc32)cc1. The molecule has 4 aromatic carbocycles. The number of hydrogen-bond donors (Lipinski definition) is 0. The van der Waals surface area contributed by atoms with Gasteiger partial charge in [0.1, 0.15) is 0 Å². The fourth-order valence-corrected chi connectivity index (χ4v) is 9.44. The van der Waals surface area contributed by atoms with E-state index >= 15 is 0 Å². The van der Waals surface area contributed by atoms with Gasteiger partial charge in [-0.3, -0.25) is 0 Å². The van der Waals surface area contributed by atoms with Crippen LogP contribution in [0.4, 0.5) is 0 Å². The summed E-state index contributed by atoms with van der Waals surface area (Å²) in [5, 5.41) is 2.30. The van der Waals surface area contributed by atoms with Gasteiger partial charge in [-0.25, -0.2) is 0 Å². The fraction of sp³-hybridized carbons (Fsp3) is 0.239. The number of hydrogen-bond acceptors (Lipinski definition) is 3. The van der Waals surface area contributed by atoms with Gasteiger partial charge in [0, 0.05) is 6.20 Å². The molecule has 0 unspecified atom stereocenters. The Bertz CT molecular complexity index is 2830. The van der Waals surface area contributed by atoms with Gasteiger partial charge >= 0.3 is 229 Å². The second kappa shape index (κ2) is 11.7. The summed E-state index contributed by atoms with van der Waals surface area (Å²) in [6.45, 7) is 18.6. The number of imidazole rings is 1. The molecule has 9 rings (SSSR count). The Morgan fingerprint density at radius 1 is 0.642 bits per heavy atom. The van der Waals surface area contributed by atoms with Gasteiger partial charge in [-0.15, -0.1) is 0 Å². The first-order valence-corrected chi connectivity index (χ1v) is 19.2. The molecule has 53 heavy (non-hydrogen) atoms. The molecular formula is C46H41N5OPt-2. The molecule has 8 aromatic rings. The molecule has 0 N–H and O–H groups in total. The minimum absolute atomic E-state index is 0.0149. The van der Waals surface area contributed by atoms with Gasteiger partial charge in [0.05, 0.1) is 0 Å². The number of ether oxygens (including phenoxy) is 1. The Morgan fingerprint density at radius 3 is 2.06 bits per heavy atom. The molecule has 1 aliphatic rings. The molecule has 0 saturated heterocycles. The van der Waals surface area contributed by atoms with Crippen LogP contribution in [0.25, 0.3) is 50.0 Å². The third kappa shape index (κ3) is 4.91. The van der Waals surface area contributed by atoms with Crippen LogP contribution in [-0.4, -0.2) is 23.7 Å². The van der Waals surface area contributed by atoms with E-state index in [2.05, 4.69) is 178 Å². The van der Waals surface area contributed by atoms with Crippen molar-refractivity contribution in [1.82, 2.24) is 23.7 Å². The number of aromatic nitrogens is 5. The summed E-state index contributed by atoms with van der Waals surface area (Å²) in [6, 6.07) is 37.4. The van der Waals surface area contributed by atoms with E-state index in [1.54, 1.807) is 6.20 Å². The van der Waals surface area contributed by atoms with Crippen molar-refractivity contribution in [1.29, 1.82) is 0 Å². The molecule has 0 atom stereocenters. The van der Waals surface area contributed by atoms with Crippen molar-refractivity contribution in [3.63, 3.8) is 0 Å². The maximum atomic E-state index is 6.56. The Labute approximate surface area is 321 Å². The van der Waals surface area contributed by atoms with Crippen LogP contribution < -0.4 is 4.74 Å². The maximum absolute atomic E-state index is 6.56. The van der Waals surface area contributed by atoms with Crippen molar-refractivity contribution in [2.24, 2.45) is 5.41 Å². The standard InChI is InChI=1S/C46H41N5O.Pt/c1-29-13-15-31(16-14-29)49-28-50(40-12-10-9-11-39(40)49)32-22-34(27-47-26-32)52-33-17-18-35-36-24-37-38(45(5,6)46(7,8)44(37,3)4)25-42(36)51(41(35)23-33)43-21-30(2)19-20-48-43;/h9-21,24-27H,1-8H3;/q-2;. The quantitative estimate of drug-likeness (QED) is 0.162. The van der Waals surface area contributed by atoms with Gasteiger partial charge in [0.2, 0.25) is 0 Å². The van der Waals surface area contributed by atoms with Gasteiger partial charge in [0.15, 0.2) is 0 Å². The Kier molecular flexibility index (Phi) is 7.46. The monoisotopic (exact) mass is 874 g/mol. The molecule has 268 valence electrons. The average molecular weight is 875 g/mol. The second-order valence-corrected chi connectivity index (χ2v) is 17.0. The summed E-state index contributed by atoms with van der Waals surface area (Å²) < 4.78 is 14.2. The third-order valence-corrected chi connectivity index (χ3v) is 13.5. The van der Waals surface area contributed by atoms with Crippen LogP contribution in [0.2, 0.25) is 0 Å². The van der Waals surface area contributed by atoms with Crippen LogP contribution in [0.1, 0.15) is 63.8 Å². The Hall–Kier alpha value is -5.06. The first-order chi connectivity index (χ1) is 25.3. The number of rotatable bonds is 5. The predicted molar refractivity (Wildman–Crippen MR) is 209 cm³/mol. The van der Waals surface area contributed by atoms with E-state index in [1.165, 1.54) is 22.1 Å². The van der Waals surface area contributed by atoms with E-state index in [4.69, 9.17) is 9.72 Å². The second-order valence-electron chi connectivity index (χ2n) is 16.0. The van der Waals surface area contributed by atoms with Crippen LogP contribution in [0.15, 0.2) is 104 Å². The Morgan fingerprint density at radius 2 is 1.34 bits per heavy atom. The molecule has 1 aliphatic carbocycles. The fourth-order valence-electron chi connectivity index (χ4n) is 8.33. The van der Waals surface area contributed by atoms with Crippen molar-refractivity contribution >= 4 is 32.8 Å². The molecule has 0 aliphatic heterocycles. The van der Waals surface area contributed by atoms with Crippen molar-refractivity contribution in [2.45, 2.75) is 66.2 Å². The Balaban J connectivity index is 1.18. The number of benzene rings is 4. The summed E-state index contributed by atoms with van der Waals surface area (Å²) in [6.07, 6.45) is 5.43. The van der Waals surface area contributed by atoms with Crippen molar-refractivity contribution in [3.05, 3.63) is 142 Å². The average Bonchev–Trinajstić information content (AvgIpc) is 3.64. The third-order valence-electron chi connectivity index (χ3n) is 12.5. The van der Waals surface area contributed by atoms with E-state index in [9.17, 15) is 0 Å². The molecule has 0 amide bonds. The number of para-hydroxylation sites is 2. The van der Waals surface area contributed by atoms with Crippen LogP contribution >= 0.6 is 0 Å². The minimum atomic E-state index is -0.0323. The number of aryl methyl sites for hydroxylation is 2. The number of pyridine rings is 2. The summed E-state index contributed by atoms with van der Waals surface area (Å²) in [4.78, 5) is 9.50. The number of nitrogens with zero attached hydrogens (tertiary/aromatic N) is 5. The van der Waals surface area contributed by atoms with Gasteiger partial charge in [-0.1, -0.05) is 41.5 Å². The van der Waals surface area contributed by atoms with Crippen molar-refractivity contribution in [3.8, 4) is 28.7 Å². The summed E-state index contributed by atoms with van der Waals surface area (Å²) in [7, 11) is 0. The zero-order valence-corrected chi connectivity index (χ0v) is 33.5. The normalized spacial score (nSPS) is 15.7. The molecule has 0 spiro atoms. The molecular weight excluding hydrogens is 834 g/mol. The van der Waals surface area contributed by atoms with E-state index in [1.807, 2.05) is 24.5 Å². The zero-order valence-electron chi connectivity index (χ0n) is 31.3. The zero-order chi connectivity index (χ0) is 37.0. The van der Waals surface area contributed by atoms with E-state index < -0.39 is 0 Å². The van der Waals surface area contributed by atoms with Gasteiger partial charge in [0.25, 0.3) is 0 Å². The van der Waals surface area contributed by atoms with Crippen LogP contribution in [0.3, 0.4) is 0 Å². The molecule has 0 fully saturated rings. The molecule has 0 bridgehead atoms. The molecule has 4 heterocycles. The molecule has 6 nitrogen and oxygen atoms in total. The van der Waals surface area contributed by atoms with Crippen molar-refractivity contribution in [2.75, 3.05) is 0 Å². The van der Waals surface area contributed by atoms with Gasteiger partial charge in [-0.2, -0.15) is 0 Å². The van der Waals surface area contributed by atoms with E-state index in [-0.39, 0.29) is 16.2 Å². The van der Waals surface area contributed by atoms with Crippen LogP contribution in [-0.2, 0) is 30.2 Å². The molecule has 4 aromatic heterocycles. The number of fused-ring (bicyclic) bond motifs is 5. The summed E-state index contributed by atoms with van der Waals surface area (Å²) in [5.41, 5.74) is 11.3. The van der Waals surface area contributed by atoms with Gasteiger partial charge in [-0.05, 0) is 45.9 Å². The van der Waals surface area contributed by atoms with Crippen LogP contribution in [0.5, 0.6) is 11.5 Å². The first kappa shape index (κ1) is 33.8. The van der Waals surface area contributed by atoms with E-state index in [0.29, 0.717) is 11.5 Å². The topological polar surface area (TPSA) is 49.8 Å². The molecule has 0 radical (unpaired) electrons. The first-order valence-electron chi connectivity index (χ1n) is 18.1. The van der Waals surface area contributed by atoms with Crippen molar-refractivity contribution < 1.29 is 24.1 Å².